The molecule has 0 aliphatic carbocycles. The van der Waals surface area contributed by atoms with Gasteiger partial charge < -0.3 is 5.32 Å². The van der Waals surface area contributed by atoms with Crippen LogP contribution in [-0.2, 0) is 0 Å². The number of thiophene rings is 1. The molecule has 0 saturated heterocycles. The van der Waals surface area contributed by atoms with Crippen molar-refractivity contribution < 1.29 is 4.39 Å². The van der Waals surface area contributed by atoms with E-state index in [1.54, 1.807) is 23.6 Å². The lowest BCUT2D eigenvalue weighted by atomic mass is 10.1. The molecule has 1 aromatic heterocycles. The Morgan fingerprint density at radius 1 is 1.32 bits per heavy atom. The van der Waals surface area contributed by atoms with Crippen LogP contribution in [0.4, 0.5) is 4.39 Å². The van der Waals surface area contributed by atoms with Gasteiger partial charge in [-0.15, -0.1) is 23.7 Å². The van der Waals surface area contributed by atoms with Crippen LogP contribution in [0.5, 0.6) is 0 Å². The molecule has 0 saturated carbocycles. The zero-order valence-electron chi connectivity index (χ0n) is 12.1. The van der Waals surface area contributed by atoms with Crippen LogP contribution in [0.15, 0.2) is 45.9 Å². The monoisotopic (exact) mass is 356 g/mol. The molecule has 0 radical (unpaired) electrons. The van der Waals surface area contributed by atoms with Crippen LogP contribution in [0, 0.1) is 19.7 Å². The minimum atomic E-state index is -0.280. The molecule has 0 fully saturated rings. The maximum atomic E-state index is 13.4. The number of nitrogens with zero attached hydrogens (tertiary/aromatic N) is 1. The highest BCUT2D eigenvalue weighted by atomic mass is 35.5. The quantitative estimate of drug-likeness (QED) is 0.795. The van der Waals surface area contributed by atoms with Crippen LogP contribution in [0.25, 0.3) is 0 Å². The average Bonchev–Trinajstić information content (AvgIpc) is 2.80. The van der Waals surface area contributed by atoms with Gasteiger partial charge >= 0.3 is 0 Å². The molecule has 1 aliphatic rings. The van der Waals surface area contributed by atoms with E-state index < -0.39 is 0 Å². The summed E-state index contributed by atoms with van der Waals surface area (Å²) in [7, 11) is 0. The number of amidine groups is 1. The summed E-state index contributed by atoms with van der Waals surface area (Å²) in [6.45, 7) is 4.15. The Balaban J connectivity index is 0.00000176. The molecule has 2 nitrogen and oxygen atoms in total. The van der Waals surface area contributed by atoms with Gasteiger partial charge in [-0.3, -0.25) is 4.99 Å². The number of hydrogen-bond acceptors (Lipinski definition) is 3. The van der Waals surface area contributed by atoms with E-state index in [0.717, 1.165) is 4.88 Å². The van der Waals surface area contributed by atoms with Gasteiger partial charge in [-0.1, -0.05) is 23.7 Å². The Hall–Kier alpha value is -1.36. The number of rotatable bonds is 2. The van der Waals surface area contributed by atoms with E-state index in [1.807, 2.05) is 6.07 Å². The fourth-order valence-corrected chi connectivity index (χ4v) is 3.62. The molecule has 2 heterocycles. The van der Waals surface area contributed by atoms with Gasteiger partial charge in [0.15, 0.2) is 0 Å². The number of benzene rings is 1. The molecule has 1 atom stereocenters. The van der Waals surface area contributed by atoms with Gasteiger partial charge in [0.2, 0.25) is 0 Å². The first-order valence-electron chi connectivity index (χ1n) is 6.56. The number of aryl methyl sites for hydroxylation is 1. The van der Waals surface area contributed by atoms with Crippen molar-refractivity contribution in [2.75, 3.05) is 0 Å². The van der Waals surface area contributed by atoms with E-state index in [-0.39, 0.29) is 24.3 Å². The SMILES string of the molecule is Cc1csc(C2N=C(c3cccc(F)c3)NC=C2Cl)c1C.Cl. The van der Waals surface area contributed by atoms with Gasteiger partial charge in [-0.05, 0) is 42.5 Å². The number of hydrogen-bond donors (Lipinski definition) is 1. The second-order valence-electron chi connectivity index (χ2n) is 4.97. The normalized spacial score (nSPS) is 17.2. The minimum absolute atomic E-state index is 0. The second-order valence-corrected chi connectivity index (χ2v) is 6.32. The molecule has 1 unspecified atom stereocenters. The highest BCUT2D eigenvalue weighted by Crippen LogP contribution is 2.37. The Morgan fingerprint density at radius 3 is 2.73 bits per heavy atom. The largest absolute Gasteiger partial charge is 0.345 e. The lowest BCUT2D eigenvalue weighted by molar-refractivity contribution is 0.627. The molecule has 1 aromatic carbocycles. The van der Waals surface area contributed by atoms with Gasteiger partial charge in [0.1, 0.15) is 17.7 Å². The summed E-state index contributed by atoms with van der Waals surface area (Å²) >= 11 is 7.96. The van der Waals surface area contributed by atoms with Crippen molar-refractivity contribution in [1.82, 2.24) is 5.32 Å². The van der Waals surface area contributed by atoms with Crippen LogP contribution in [-0.4, -0.2) is 5.84 Å². The van der Waals surface area contributed by atoms with E-state index in [9.17, 15) is 4.39 Å². The van der Waals surface area contributed by atoms with E-state index >= 15 is 0 Å². The van der Waals surface area contributed by atoms with E-state index in [4.69, 9.17) is 11.6 Å². The molecule has 0 bridgehead atoms. The molecule has 3 rings (SSSR count). The van der Waals surface area contributed by atoms with E-state index in [2.05, 4.69) is 29.5 Å². The van der Waals surface area contributed by atoms with Crippen molar-refractivity contribution in [2.45, 2.75) is 19.9 Å². The molecule has 116 valence electrons. The molecule has 0 amide bonds. The number of halogens is 3. The summed E-state index contributed by atoms with van der Waals surface area (Å²) in [5.74, 6) is 0.353. The van der Waals surface area contributed by atoms with Crippen LogP contribution < -0.4 is 5.32 Å². The van der Waals surface area contributed by atoms with Crippen LogP contribution in [0.2, 0.25) is 0 Å². The first kappa shape index (κ1) is 17.0. The maximum Gasteiger partial charge on any atom is 0.133 e. The smallest absolute Gasteiger partial charge is 0.133 e. The van der Waals surface area contributed by atoms with Crippen LogP contribution >= 0.6 is 35.3 Å². The predicted molar refractivity (Wildman–Crippen MR) is 93.8 cm³/mol. The Kier molecular flexibility index (Phi) is 5.27. The third-order valence-electron chi connectivity index (χ3n) is 3.54. The zero-order valence-corrected chi connectivity index (χ0v) is 14.5. The van der Waals surface area contributed by atoms with Crippen LogP contribution in [0.1, 0.15) is 27.6 Å². The fourth-order valence-electron chi connectivity index (χ4n) is 2.21. The third-order valence-corrected chi connectivity index (χ3v) is 5.11. The molecular weight excluding hydrogens is 342 g/mol. The maximum absolute atomic E-state index is 13.4. The second kappa shape index (κ2) is 6.82. The predicted octanol–water partition coefficient (Wildman–Crippen LogP) is 5.10. The lowest BCUT2D eigenvalue weighted by Gasteiger charge is -2.20. The van der Waals surface area contributed by atoms with Crippen molar-refractivity contribution >= 4 is 41.2 Å². The fraction of sp³-hybridized carbons (Fsp3) is 0.188. The molecule has 1 N–H and O–H groups in total. The minimum Gasteiger partial charge on any atom is -0.345 e. The van der Waals surface area contributed by atoms with Crippen molar-refractivity contribution in [2.24, 2.45) is 4.99 Å². The van der Waals surface area contributed by atoms with Crippen molar-refractivity contribution in [3.8, 4) is 0 Å². The number of aliphatic imine (C=N–C) groups is 1. The van der Waals surface area contributed by atoms with E-state index in [0.29, 0.717) is 16.4 Å². The van der Waals surface area contributed by atoms with Gasteiger partial charge in [0.25, 0.3) is 0 Å². The van der Waals surface area contributed by atoms with Crippen molar-refractivity contribution in [3.63, 3.8) is 0 Å². The molecule has 22 heavy (non-hydrogen) atoms. The Morgan fingerprint density at radius 2 is 2.09 bits per heavy atom. The summed E-state index contributed by atoms with van der Waals surface area (Å²) in [4.78, 5) is 5.80. The lowest BCUT2D eigenvalue weighted by Crippen LogP contribution is -2.24. The average molecular weight is 357 g/mol. The van der Waals surface area contributed by atoms with Gasteiger partial charge in [0.05, 0.1) is 5.03 Å². The summed E-state index contributed by atoms with van der Waals surface area (Å²) in [6.07, 6.45) is 1.73. The molecule has 0 spiro atoms. The Bertz CT molecular complexity index is 752. The molecule has 1 aliphatic heterocycles. The zero-order chi connectivity index (χ0) is 15.0. The third kappa shape index (κ3) is 3.19. The molecule has 6 heteroatoms. The molecular formula is C16H15Cl2FN2S. The van der Waals surface area contributed by atoms with E-state index in [1.165, 1.54) is 23.3 Å². The van der Waals surface area contributed by atoms with Gasteiger partial charge in [-0.25, -0.2) is 4.39 Å². The van der Waals surface area contributed by atoms with Crippen molar-refractivity contribution in [1.29, 1.82) is 0 Å². The summed E-state index contributed by atoms with van der Waals surface area (Å²) in [5, 5.41) is 5.78. The summed E-state index contributed by atoms with van der Waals surface area (Å²) in [6, 6.07) is 6.16. The van der Waals surface area contributed by atoms with Gasteiger partial charge in [-0.2, -0.15) is 0 Å². The van der Waals surface area contributed by atoms with Gasteiger partial charge in [0, 0.05) is 16.6 Å². The first-order chi connectivity index (χ1) is 10.1. The topological polar surface area (TPSA) is 24.4 Å². The molecule has 2 aromatic rings. The summed E-state index contributed by atoms with van der Waals surface area (Å²) in [5.41, 5.74) is 3.16. The highest BCUT2D eigenvalue weighted by Gasteiger charge is 2.23. The summed E-state index contributed by atoms with van der Waals surface area (Å²) < 4.78 is 13.4. The number of nitrogens with one attached hydrogen (secondary N) is 1. The highest BCUT2D eigenvalue weighted by molar-refractivity contribution is 7.10. The van der Waals surface area contributed by atoms with Crippen molar-refractivity contribution in [3.05, 3.63) is 68.3 Å². The standard InChI is InChI=1S/C16H14ClFN2S.ClH/c1-9-8-21-15(10(9)2)14-13(17)7-19-16(20-14)11-4-3-5-12(18)6-11;/h3-8,14H,1-2H3,(H,19,20);1H. The first-order valence-corrected chi connectivity index (χ1v) is 7.82. The Labute approximate surface area is 144 Å². The van der Waals surface area contributed by atoms with Crippen LogP contribution in [0.3, 0.4) is 0 Å².